The van der Waals surface area contributed by atoms with E-state index in [9.17, 15) is 9.59 Å². The van der Waals surface area contributed by atoms with Crippen molar-refractivity contribution in [3.05, 3.63) is 21.9 Å². The zero-order chi connectivity index (χ0) is 16.9. The Labute approximate surface area is 147 Å². The van der Waals surface area contributed by atoms with Crippen molar-refractivity contribution in [1.29, 1.82) is 0 Å². The number of rotatable bonds is 5. The Hall–Kier alpha value is -1.40. The highest BCUT2D eigenvalue weighted by molar-refractivity contribution is 7.14. The lowest BCUT2D eigenvalue weighted by atomic mass is 10.1. The van der Waals surface area contributed by atoms with Gasteiger partial charge in [0.15, 0.2) is 0 Å². The van der Waals surface area contributed by atoms with Crippen LogP contribution >= 0.6 is 11.3 Å². The predicted molar refractivity (Wildman–Crippen MR) is 94.1 cm³/mol. The highest BCUT2D eigenvalue weighted by Crippen LogP contribution is 2.26. The Morgan fingerprint density at radius 2 is 2.04 bits per heavy atom. The van der Waals surface area contributed by atoms with Gasteiger partial charge < -0.3 is 15.0 Å². The molecule has 5 nitrogen and oxygen atoms in total. The summed E-state index contributed by atoms with van der Waals surface area (Å²) in [6.07, 6.45) is 7.63. The zero-order valence-corrected chi connectivity index (χ0v) is 15.1. The second-order valence-electron chi connectivity index (χ2n) is 6.76. The van der Waals surface area contributed by atoms with Crippen LogP contribution in [0.25, 0.3) is 0 Å². The van der Waals surface area contributed by atoms with Gasteiger partial charge in [0.1, 0.15) is 0 Å². The Kier molecular flexibility index (Phi) is 5.89. The van der Waals surface area contributed by atoms with Crippen molar-refractivity contribution in [3.63, 3.8) is 0 Å². The molecule has 24 heavy (non-hydrogen) atoms. The minimum Gasteiger partial charge on any atom is -0.379 e. The molecule has 1 aromatic rings. The molecule has 2 aliphatic rings. The number of amides is 2. The number of nitrogens with zero attached hydrogens (tertiary/aromatic N) is 1. The summed E-state index contributed by atoms with van der Waals surface area (Å²) in [7, 11) is 1.64. The molecule has 0 aromatic carbocycles. The van der Waals surface area contributed by atoms with E-state index in [0.717, 1.165) is 17.7 Å². The molecule has 0 radical (unpaired) electrons. The van der Waals surface area contributed by atoms with E-state index >= 15 is 0 Å². The van der Waals surface area contributed by atoms with E-state index in [-0.39, 0.29) is 17.9 Å². The molecule has 132 valence electrons. The van der Waals surface area contributed by atoms with Gasteiger partial charge >= 0.3 is 0 Å². The molecule has 2 heterocycles. The maximum absolute atomic E-state index is 12.4. The SMILES string of the molecule is COCc1ccc(C(=O)N[C@@H]2CC(=O)N(C3CCCCCC3)C2)s1. The average molecular weight is 350 g/mol. The van der Waals surface area contributed by atoms with E-state index in [1.807, 2.05) is 17.0 Å². The molecule has 1 N–H and O–H groups in total. The number of thiophene rings is 1. The van der Waals surface area contributed by atoms with E-state index in [2.05, 4.69) is 5.32 Å². The summed E-state index contributed by atoms with van der Waals surface area (Å²) in [5.74, 6) is 0.112. The molecule has 0 spiro atoms. The summed E-state index contributed by atoms with van der Waals surface area (Å²) in [5, 5.41) is 3.03. The monoisotopic (exact) mass is 350 g/mol. The van der Waals surface area contributed by atoms with Crippen molar-refractivity contribution in [2.75, 3.05) is 13.7 Å². The molecule has 3 rings (SSSR count). The van der Waals surface area contributed by atoms with E-state index < -0.39 is 0 Å². The third-order valence-electron chi connectivity index (χ3n) is 4.93. The largest absolute Gasteiger partial charge is 0.379 e. The predicted octanol–water partition coefficient (Wildman–Crippen LogP) is 2.95. The Morgan fingerprint density at radius 1 is 1.29 bits per heavy atom. The summed E-state index contributed by atoms with van der Waals surface area (Å²) < 4.78 is 5.09. The molecule has 1 aliphatic carbocycles. The van der Waals surface area contributed by atoms with Crippen LogP contribution in [0.15, 0.2) is 12.1 Å². The number of nitrogens with one attached hydrogen (secondary N) is 1. The number of methoxy groups -OCH3 is 1. The van der Waals surface area contributed by atoms with Gasteiger partial charge in [-0.05, 0) is 25.0 Å². The van der Waals surface area contributed by atoms with Crippen LogP contribution in [0.3, 0.4) is 0 Å². The lowest BCUT2D eigenvalue weighted by Gasteiger charge is -2.27. The van der Waals surface area contributed by atoms with Crippen LogP contribution in [0.2, 0.25) is 0 Å². The molecule has 1 saturated heterocycles. The summed E-state index contributed by atoms with van der Waals surface area (Å²) in [6, 6.07) is 4.05. The first-order valence-corrected chi connectivity index (χ1v) is 9.67. The zero-order valence-electron chi connectivity index (χ0n) is 14.3. The first-order valence-electron chi connectivity index (χ1n) is 8.85. The van der Waals surface area contributed by atoms with Gasteiger partial charge in [-0.15, -0.1) is 11.3 Å². The fourth-order valence-electron chi connectivity index (χ4n) is 3.73. The van der Waals surface area contributed by atoms with Gasteiger partial charge in [0.2, 0.25) is 5.91 Å². The second-order valence-corrected chi connectivity index (χ2v) is 7.93. The third-order valence-corrected chi connectivity index (χ3v) is 5.99. The van der Waals surface area contributed by atoms with Crippen molar-refractivity contribution in [2.45, 2.75) is 63.6 Å². The van der Waals surface area contributed by atoms with Gasteiger partial charge in [-0.1, -0.05) is 25.7 Å². The van der Waals surface area contributed by atoms with Crippen LogP contribution in [0.5, 0.6) is 0 Å². The highest BCUT2D eigenvalue weighted by Gasteiger charge is 2.35. The van der Waals surface area contributed by atoms with Gasteiger partial charge in [0, 0.05) is 31.0 Å². The fraction of sp³-hybridized carbons (Fsp3) is 0.667. The van der Waals surface area contributed by atoms with Crippen molar-refractivity contribution >= 4 is 23.2 Å². The Bertz CT molecular complexity index is 579. The number of ether oxygens (including phenoxy) is 1. The smallest absolute Gasteiger partial charge is 0.261 e. The number of carbonyl (C=O) groups is 2. The number of likely N-dealkylation sites (tertiary alicyclic amines) is 1. The first-order chi connectivity index (χ1) is 11.7. The second kappa shape index (κ2) is 8.12. The van der Waals surface area contributed by atoms with Crippen LogP contribution in [-0.4, -0.2) is 42.5 Å². The van der Waals surface area contributed by atoms with Gasteiger partial charge in [-0.25, -0.2) is 0 Å². The Morgan fingerprint density at radius 3 is 2.75 bits per heavy atom. The van der Waals surface area contributed by atoms with E-state index in [1.54, 1.807) is 7.11 Å². The summed E-state index contributed by atoms with van der Waals surface area (Å²) in [4.78, 5) is 28.5. The molecule has 1 saturated carbocycles. The van der Waals surface area contributed by atoms with Crippen LogP contribution in [0, 0.1) is 0 Å². The number of hydrogen-bond acceptors (Lipinski definition) is 4. The summed E-state index contributed by atoms with van der Waals surface area (Å²) in [5.41, 5.74) is 0. The molecule has 2 fully saturated rings. The van der Waals surface area contributed by atoms with E-state index in [1.165, 1.54) is 37.0 Å². The summed E-state index contributed by atoms with van der Waals surface area (Å²) >= 11 is 1.45. The van der Waals surface area contributed by atoms with Crippen molar-refractivity contribution in [2.24, 2.45) is 0 Å². The topological polar surface area (TPSA) is 58.6 Å². The molecule has 6 heteroatoms. The molecular weight excluding hydrogens is 324 g/mol. The summed E-state index contributed by atoms with van der Waals surface area (Å²) in [6.45, 7) is 1.18. The standard InChI is InChI=1S/C18H26N2O3S/c1-23-12-15-8-9-16(24-15)18(22)19-13-10-17(21)20(11-13)14-6-4-2-3-5-7-14/h8-9,13-14H,2-7,10-12H2,1H3,(H,19,22)/t13-/m1/s1. The molecular formula is C18H26N2O3S. The average Bonchev–Trinajstić information content (AvgIpc) is 3.06. The van der Waals surface area contributed by atoms with Gasteiger partial charge in [0.05, 0.1) is 17.5 Å². The highest BCUT2D eigenvalue weighted by atomic mass is 32.1. The maximum atomic E-state index is 12.4. The number of carbonyl (C=O) groups excluding carboxylic acids is 2. The molecule has 0 bridgehead atoms. The molecule has 2 amide bonds. The lowest BCUT2D eigenvalue weighted by molar-refractivity contribution is -0.129. The normalized spacial score (nSPS) is 22.6. The van der Waals surface area contributed by atoms with Crippen LogP contribution in [-0.2, 0) is 16.1 Å². The van der Waals surface area contributed by atoms with E-state index in [0.29, 0.717) is 30.5 Å². The molecule has 0 unspecified atom stereocenters. The van der Waals surface area contributed by atoms with Crippen LogP contribution in [0.4, 0.5) is 0 Å². The van der Waals surface area contributed by atoms with Crippen molar-refractivity contribution in [1.82, 2.24) is 10.2 Å². The Balaban J connectivity index is 1.55. The van der Waals surface area contributed by atoms with Crippen LogP contribution in [0.1, 0.15) is 59.5 Å². The fourth-order valence-corrected chi connectivity index (χ4v) is 4.61. The van der Waals surface area contributed by atoms with Gasteiger partial charge in [-0.3, -0.25) is 9.59 Å². The third kappa shape index (κ3) is 4.16. The number of hydrogen-bond donors (Lipinski definition) is 1. The van der Waals surface area contributed by atoms with Crippen LogP contribution < -0.4 is 5.32 Å². The first kappa shape index (κ1) is 17.4. The van der Waals surface area contributed by atoms with E-state index in [4.69, 9.17) is 4.74 Å². The minimum absolute atomic E-state index is 0.0683. The minimum atomic E-state index is -0.0807. The van der Waals surface area contributed by atoms with Crippen molar-refractivity contribution in [3.8, 4) is 0 Å². The van der Waals surface area contributed by atoms with Gasteiger partial charge in [0.25, 0.3) is 5.91 Å². The quantitative estimate of drug-likeness (QED) is 0.831. The lowest BCUT2D eigenvalue weighted by Crippen LogP contribution is -2.40. The van der Waals surface area contributed by atoms with Crippen molar-refractivity contribution < 1.29 is 14.3 Å². The van der Waals surface area contributed by atoms with Gasteiger partial charge in [-0.2, -0.15) is 0 Å². The molecule has 1 aromatic heterocycles. The maximum Gasteiger partial charge on any atom is 0.261 e. The molecule has 1 aliphatic heterocycles. The molecule has 1 atom stereocenters.